The van der Waals surface area contributed by atoms with Gasteiger partial charge in [-0.15, -0.1) is 0 Å². The fourth-order valence-electron chi connectivity index (χ4n) is 4.88. The minimum atomic E-state index is 0.427. The molecular weight excluding hydrogens is 246 g/mol. The standard InChI is InChI=1S/C17H33N3/c1-2-5-14-7-8-16(18)17(12-14)20-11-4-10-19-9-3-6-15(19)13-20/h14-17H,2-13,18H2,1H3. The molecule has 4 unspecified atom stereocenters. The van der Waals surface area contributed by atoms with Gasteiger partial charge in [-0.05, 0) is 64.1 Å². The highest BCUT2D eigenvalue weighted by Crippen LogP contribution is 2.32. The molecule has 3 nitrogen and oxygen atoms in total. The van der Waals surface area contributed by atoms with Gasteiger partial charge in [-0.1, -0.05) is 19.8 Å². The summed E-state index contributed by atoms with van der Waals surface area (Å²) < 4.78 is 0. The third-order valence-electron chi connectivity index (χ3n) is 5.98. The van der Waals surface area contributed by atoms with E-state index in [-0.39, 0.29) is 0 Å². The normalized spacial score (nSPS) is 40.5. The molecule has 0 radical (unpaired) electrons. The predicted molar refractivity (Wildman–Crippen MR) is 84.8 cm³/mol. The van der Waals surface area contributed by atoms with Crippen molar-refractivity contribution in [1.82, 2.24) is 9.80 Å². The largest absolute Gasteiger partial charge is 0.326 e. The molecule has 2 aliphatic heterocycles. The molecule has 4 atom stereocenters. The van der Waals surface area contributed by atoms with E-state index in [0.29, 0.717) is 12.1 Å². The lowest BCUT2D eigenvalue weighted by atomic mass is 9.79. The lowest BCUT2D eigenvalue weighted by molar-refractivity contribution is 0.100. The lowest BCUT2D eigenvalue weighted by Crippen LogP contribution is -2.53. The van der Waals surface area contributed by atoms with Crippen LogP contribution in [0.5, 0.6) is 0 Å². The van der Waals surface area contributed by atoms with Gasteiger partial charge >= 0.3 is 0 Å². The van der Waals surface area contributed by atoms with Crippen LogP contribution in [0, 0.1) is 5.92 Å². The Morgan fingerprint density at radius 2 is 1.80 bits per heavy atom. The fourth-order valence-corrected chi connectivity index (χ4v) is 4.88. The summed E-state index contributed by atoms with van der Waals surface area (Å²) in [6, 6.07) is 1.92. The van der Waals surface area contributed by atoms with Crippen LogP contribution < -0.4 is 5.73 Å². The second-order valence-electron chi connectivity index (χ2n) is 7.38. The van der Waals surface area contributed by atoms with E-state index in [1.165, 1.54) is 77.5 Å². The van der Waals surface area contributed by atoms with Crippen LogP contribution in [-0.4, -0.2) is 54.1 Å². The van der Waals surface area contributed by atoms with Gasteiger partial charge in [0.05, 0.1) is 0 Å². The Kier molecular flexibility index (Phi) is 5.00. The summed E-state index contributed by atoms with van der Waals surface area (Å²) in [7, 11) is 0. The highest BCUT2D eigenvalue weighted by molar-refractivity contribution is 4.93. The van der Waals surface area contributed by atoms with Gasteiger partial charge < -0.3 is 5.73 Å². The first-order valence-corrected chi connectivity index (χ1v) is 9.01. The van der Waals surface area contributed by atoms with Gasteiger partial charge in [0.2, 0.25) is 0 Å². The van der Waals surface area contributed by atoms with E-state index < -0.39 is 0 Å². The number of hydrogen-bond acceptors (Lipinski definition) is 3. The van der Waals surface area contributed by atoms with Gasteiger partial charge in [-0.2, -0.15) is 0 Å². The van der Waals surface area contributed by atoms with Crippen LogP contribution in [0.1, 0.15) is 58.3 Å². The van der Waals surface area contributed by atoms with Crippen LogP contribution in [-0.2, 0) is 0 Å². The summed E-state index contributed by atoms with van der Waals surface area (Å²) in [6.07, 6.45) is 10.9. The zero-order valence-electron chi connectivity index (χ0n) is 13.3. The zero-order chi connectivity index (χ0) is 13.9. The molecule has 0 spiro atoms. The molecule has 20 heavy (non-hydrogen) atoms. The second kappa shape index (κ2) is 6.76. The first kappa shape index (κ1) is 14.8. The van der Waals surface area contributed by atoms with Crippen molar-refractivity contribution in [2.45, 2.75) is 76.4 Å². The van der Waals surface area contributed by atoms with E-state index in [9.17, 15) is 0 Å². The van der Waals surface area contributed by atoms with Crippen molar-refractivity contribution in [1.29, 1.82) is 0 Å². The van der Waals surface area contributed by atoms with Crippen molar-refractivity contribution < 1.29 is 0 Å². The fraction of sp³-hybridized carbons (Fsp3) is 1.00. The highest BCUT2D eigenvalue weighted by atomic mass is 15.3. The summed E-state index contributed by atoms with van der Waals surface area (Å²) in [5.41, 5.74) is 6.50. The second-order valence-corrected chi connectivity index (χ2v) is 7.38. The zero-order valence-corrected chi connectivity index (χ0v) is 13.3. The van der Waals surface area contributed by atoms with Gasteiger partial charge in [0.15, 0.2) is 0 Å². The van der Waals surface area contributed by atoms with Crippen molar-refractivity contribution in [2.75, 3.05) is 26.2 Å². The molecule has 1 saturated carbocycles. The van der Waals surface area contributed by atoms with Crippen LogP contribution in [0.2, 0.25) is 0 Å². The number of hydrogen-bond donors (Lipinski definition) is 1. The molecule has 0 aromatic heterocycles. The van der Waals surface area contributed by atoms with Crippen LogP contribution in [0.3, 0.4) is 0 Å². The topological polar surface area (TPSA) is 32.5 Å². The Balaban J connectivity index is 1.63. The molecule has 2 N–H and O–H groups in total. The van der Waals surface area contributed by atoms with E-state index >= 15 is 0 Å². The average Bonchev–Trinajstić information content (AvgIpc) is 2.79. The van der Waals surface area contributed by atoms with E-state index in [1.54, 1.807) is 0 Å². The number of nitrogens with zero attached hydrogens (tertiary/aromatic N) is 2. The van der Waals surface area contributed by atoms with Crippen LogP contribution in [0.25, 0.3) is 0 Å². The lowest BCUT2D eigenvalue weighted by Gasteiger charge is -2.42. The molecule has 1 aliphatic carbocycles. The summed E-state index contributed by atoms with van der Waals surface area (Å²) >= 11 is 0. The third-order valence-corrected chi connectivity index (χ3v) is 5.98. The maximum Gasteiger partial charge on any atom is 0.0250 e. The van der Waals surface area contributed by atoms with Crippen LogP contribution in [0.15, 0.2) is 0 Å². The van der Waals surface area contributed by atoms with Gasteiger partial charge in [-0.3, -0.25) is 9.80 Å². The number of fused-ring (bicyclic) bond motifs is 1. The first-order valence-electron chi connectivity index (χ1n) is 9.01. The molecule has 3 fully saturated rings. The van der Waals surface area contributed by atoms with Crippen molar-refractivity contribution in [3.05, 3.63) is 0 Å². The van der Waals surface area contributed by atoms with E-state index in [0.717, 1.165) is 12.0 Å². The van der Waals surface area contributed by atoms with Crippen molar-refractivity contribution in [3.63, 3.8) is 0 Å². The molecule has 116 valence electrons. The summed E-state index contributed by atoms with van der Waals surface area (Å²) in [5.74, 6) is 0.938. The molecule has 2 heterocycles. The molecule has 3 rings (SSSR count). The monoisotopic (exact) mass is 279 g/mol. The van der Waals surface area contributed by atoms with Crippen LogP contribution >= 0.6 is 0 Å². The number of nitrogens with two attached hydrogens (primary N) is 1. The van der Waals surface area contributed by atoms with Gasteiger partial charge in [0.25, 0.3) is 0 Å². The Hall–Kier alpha value is -0.120. The molecule has 3 heteroatoms. The molecule has 2 saturated heterocycles. The Morgan fingerprint density at radius 3 is 2.65 bits per heavy atom. The summed E-state index contributed by atoms with van der Waals surface area (Å²) in [4.78, 5) is 5.51. The van der Waals surface area contributed by atoms with Crippen LogP contribution in [0.4, 0.5) is 0 Å². The average molecular weight is 279 g/mol. The Morgan fingerprint density at radius 1 is 1.00 bits per heavy atom. The first-order chi connectivity index (χ1) is 9.78. The van der Waals surface area contributed by atoms with E-state index in [1.807, 2.05) is 0 Å². The third kappa shape index (κ3) is 3.20. The summed E-state index contributed by atoms with van der Waals surface area (Å²) in [6.45, 7) is 7.56. The van der Waals surface area contributed by atoms with Gasteiger partial charge in [-0.25, -0.2) is 0 Å². The quantitative estimate of drug-likeness (QED) is 0.861. The minimum absolute atomic E-state index is 0.427. The number of rotatable bonds is 3. The molecule has 0 aromatic rings. The van der Waals surface area contributed by atoms with Crippen molar-refractivity contribution in [2.24, 2.45) is 11.7 Å². The van der Waals surface area contributed by atoms with E-state index in [4.69, 9.17) is 5.73 Å². The molecule has 3 aliphatic rings. The molecule has 0 amide bonds. The van der Waals surface area contributed by atoms with Crippen molar-refractivity contribution in [3.8, 4) is 0 Å². The SMILES string of the molecule is CCCC1CCC(N)C(N2CCCN3CCCC3C2)C1. The Bertz CT molecular complexity index is 307. The predicted octanol–water partition coefficient (Wildman–Crippen LogP) is 2.45. The Labute approximate surface area is 124 Å². The minimum Gasteiger partial charge on any atom is -0.326 e. The summed E-state index contributed by atoms with van der Waals surface area (Å²) in [5, 5.41) is 0. The maximum absolute atomic E-state index is 6.50. The maximum atomic E-state index is 6.50. The van der Waals surface area contributed by atoms with Crippen molar-refractivity contribution >= 4 is 0 Å². The molecule has 0 bridgehead atoms. The smallest absolute Gasteiger partial charge is 0.0250 e. The van der Waals surface area contributed by atoms with Gasteiger partial charge in [0, 0.05) is 24.7 Å². The molecule has 0 aromatic carbocycles. The highest BCUT2D eigenvalue weighted by Gasteiger charge is 2.36. The van der Waals surface area contributed by atoms with Gasteiger partial charge in [0.1, 0.15) is 0 Å². The van der Waals surface area contributed by atoms with E-state index in [2.05, 4.69) is 16.7 Å². The molecular formula is C17H33N3.